The number of rotatable bonds is 3. The molecule has 0 N–H and O–H groups in total. The Labute approximate surface area is 136 Å². The van der Waals surface area contributed by atoms with Crippen LogP contribution in [0.1, 0.15) is 44.1 Å². The Kier molecular flexibility index (Phi) is 4.91. The van der Waals surface area contributed by atoms with Gasteiger partial charge in [-0.3, -0.25) is 4.79 Å². The molecule has 0 bridgehead atoms. The molecule has 2 rings (SSSR count). The largest absolute Gasteiger partial charge is 0.444 e. The number of carbonyl (C=O) groups excluding carboxylic acids is 2. The highest BCUT2D eigenvalue weighted by atomic mass is 16.6. The summed E-state index contributed by atoms with van der Waals surface area (Å²) in [5, 5.41) is 7.89. The fourth-order valence-electron chi connectivity index (χ4n) is 2.52. The minimum Gasteiger partial charge on any atom is -0.444 e. The summed E-state index contributed by atoms with van der Waals surface area (Å²) in [6, 6.07) is 0.00820. The maximum Gasteiger partial charge on any atom is 0.410 e. The van der Waals surface area contributed by atoms with Gasteiger partial charge in [0.05, 0.1) is 18.8 Å². The van der Waals surface area contributed by atoms with Gasteiger partial charge in [0.25, 0.3) is 5.91 Å². The molecule has 0 spiro atoms. The smallest absolute Gasteiger partial charge is 0.410 e. The van der Waals surface area contributed by atoms with Gasteiger partial charge in [0.15, 0.2) is 5.69 Å². The molecule has 2 amide bonds. The highest BCUT2D eigenvalue weighted by Crippen LogP contribution is 2.22. The van der Waals surface area contributed by atoms with Crippen molar-refractivity contribution in [3.05, 3.63) is 11.9 Å². The molecule has 8 heteroatoms. The number of hydrogen-bond acceptors (Lipinski definition) is 5. The van der Waals surface area contributed by atoms with Crippen LogP contribution in [0.2, 0.25) is 0 Å². The van der Waals surface area contributed by atoms with Crippen molar-refractivity contribution in [1.82, 2.24) is 24.8 Å². The van der Waals surface area contributed by atoms with Crippen LogP contribution in [-0.2, 0) is 11.3 Å². The van der Waals surface area contributed by atoms with Crippen molar-refractivity contribution < 1.29 is 14.3 Å². The second-order valence-corrected chi connectivity index (χ2v) is 7.00. The topological polar surface area (TPSA) is 80.6 Å². The van der Waals surface area contributed by atoms with Gasteiger partial charge in [-0.25, -0.2) is 9.48 Å². The molecule has 1 saturated heterocycles. The van der Waals surface area contributed by atoms with Crippen molar-refractivity contribution in [2.24, 2.45) is 0 Å². The molecular formula is C15H25N5O3. The van der Waals surface area contributed by atoms with E-state index < -0.39 is 5.60 Å². The fourth-order valence-corrected chi connectivity index (χ4v) is 2.52. The average molecular weight is 323 g/mol. The molecular weight excluding hydrogens is 298 g/mol. The van der Waals surface area contributed by atoms with E-state index >= 15 is 0 Å². The van der Waals surface area contributed by atoms with Crippen molar-refractivity contribution in [3.63, 3.8) is 0 Å². The summed E-state index contributed by atoms with van der Waals surface area (Å²) in [6.45, 7) is 6.75. The monoisotopic (exact) mass is 323 g/mol. The lowest BCUT2D eigenvalue weighted by atomic mass is 10.2. The highest BCUT2D eigenvalue weighted by Gasteiger charge is 2.32. The summed E-state index contributed by atoms with van der Waals surface area (Å²) >= 11 is 0. The number of likely N-dealkylation sites (tertiary alicyclic amines) is 1. The van der Waals surface area contributed by atoms with Crippen molar-refractivity contribution in [2.75, 3.05) is 20.6 Å². The highest BCUT2D eigenvalue weighted by molar-refractivity contribution is 5.91. The fraction of sp³-hybridized carbons (Fsp3) is 0.733. The molecule has 1 aliphatic rings. The standard InChI is InChI=1S/C15H25N5O3/c1-15(2,3)23-14(22)20-8-6-7-11(20)9-19-10-12(16-17-19)13(21)18(4)5/h10-11H,6-9H2,1-5H3. The molecule has 1 aliphatic heterocycles. The first-order valence-electron chi connectivity index (χ1n) is 7.79. The van der Waals surface area contributed by atoms with Crippen molar-refractivity contribution in [3.8, 4) is 0 Å². The van der Waals surface area contributed by atoms with Gasteiger partial charge >= 0.3 is 6.09 Å². The number of carbonyl (C=O) groups is 2. The van der Waals surface area contributed by atoms with E-state index in [4.69, 9.17) is 4.74 Å². The summed E-state index contributed by atoms with van der Waals surface area (Å²) in [5.41, 5.74) is -0.209. The van der Waals surface area contributed by atoms with E-state index in [0.717, 1.165) is 12.8 Å². The Morgan fingerprint density at radius 3 is 2.70 bits per heavy atom. The number of aromatic nitrogens is 3. The van der Waals surface area contributed by atoms with Gasteiger partial charge < -0.3 is 14.5 Å². The molecule has 0 saturated carbocycles. The van der Waals surface area contributed by atoms with Crippen molar-refractivity contribution >= 4 is 12.0 Å². The zero-order valence-electron chi connectivity index (χ0n) is 14.4. The van der Waals surface area contributed by atoms with Gasteiger partial charge in [0.1, 0.15) is 5.60 Å². The van der Waals surface area contributed by atoms with Crippen LogP contribution in [0.15, 0.2) is 6.20 Å². The molecule has 1 aromatic rings. The number of amides is 2. The Hall–Kier alpha value is -2.12. The van der Waals surface area contributed by atoms with E-state index in [1.165, 1.54) is 4.90 Å². The van der Waals surface area contributed by atoms with Gasteiger partial charge in [-0.05, 0) is 33.6 Å². The van der Waals surface area contributed by atoms with Gasteiger partial charge in [0, 0.05) is 20.6 Å². The molecule has 0 aliphatic carbocycles. The Bertz CT molecular complexity index is 576. The van der Waals surface area contributed by atoms with Crippen LogP contribution in [0.3, 0.4) is 0 Å². The van der Waals surface area contributed by atoms with Gasteiger partial charge in [0.2, 0.25) is 0 Å². The van der Waals surface area contributed by atoms with E-state index in [2.05, 4.69) is 10.3 Å². The van der Waals surface area contributed by atoms with Crippen LogP contribution in [0.25, 0.3) is 0 Å². The maximum absolute atomic E-state index is 12.3. The van der Waals surface area contributed by atoms with Gasteiger partial charge in [-0.15, -0.1) is 5.10 Å². The average Bonchev–Trinajstić information content (AvgIpc) is 3.05. The second kappa shape index (κ2) is 6.55. The van der Waals surface area contributed by atoms with Crippen LogP contribution in [0.4, 0.5) is 4.79 Å². The lowest BCUT2D eigenvalue weighted by molar-refractivity contribution is 0.0211. The third-order valence-corrected chi connectivity index (χ3v) is 3.57. The lowest BCUT2D eigenvalue weighted by Crippen LogP contribution is -2.41. The molecule has 0 aromatic carbocycles. The van der Waals surface area contributed by atoms with E-state index in [1.807, 2.05) is 20.8 Å². The summed E-state index contributed by atoms with van der Waals surface area (Å²) < 4.78 is 7.06. The van der Waals surface area contributed by atoms with Crippen LogP contribution >= 0.6 is 0 Å². The zero-order chi connectivity index (χ0) is 17.2. The predicted octanol–water partition coefficient (Wildman–Crippen LogP) is 1.38. The van der Waals surface area contributed by atoms with E-state index in [0.29, 0.717) is 18.8 Å². The SMILES string of the molecule is CN(C)C(=O)c1cn(CC2CCCN2C(=O)OC(C)(C)C)nn1. The molecule has 0 radical (unpaired) electrons. The number of nitrogens with zero attached hydrogens (tertiary/aromatic N) is 5. The number of ether oxygens (including phenoxy) is 1. The van der Waals surface area contributed by atoms with Crippen LogP contribution in [0, 0.1) is 0 Å². The summed E-state index contributed by atoms with van der Waals surface area (Å²) in [5.74, 6) is -0.188. The summed E-state index contributed by atoms with van der Waals surface area (Å²) in [7, 11) is 3.34. The molecule has 23 heavy (non-hydrogen) atoms. The minimum absolute atomic E-state index is 0.00820. The Balaban J connectivity index is 2.02. The molecule has 2 heterocycles. The third-order valence-electron chi connectivity index (χ3n) is 3.57. The first-order valence-corrected chi connectivity index (χ1v) is 7.79. The Morgan fingerprint density at radius 2 is 2.09 bits per heavy atom. The van der Waals surface area contributed by atoms with Gasteiger partial charge in [-0.2, -0.15) is 0 Å². The van der Waals surface area contributed by atoms with E-state index in [9.17, 15) is 9.59 Å². The van der Waals surface area contributed by atoms with Crippen LogP contribution in [-0.4, -0.2) is 69.1 Å². The van der Waals surface area contributed by atoms with E-state index in [1.54, 1.807) is 29.9 Å². The molecule has 8 nitrogen and oxygen atoms in total. The van der Waals surface area contributed by atoms with E-state index in [-0.39, 0.29) is 18.0 Å². The van der Waals surface area contributed by atoms with Crippen LogP contribution in [0.5, 0.6) is 0 Å². The molecule has 128 valence electrons. The first kappa shape index (κ1) is 17.2. The zero-order valence-corrected chi connectivity index (χ0v) is 14.4. The summed E-state index contributed by atoms with van der Waals surface area (Å²) in [4.78, 5) is 27.3. The Morgan fingerprint density at radius 1 is 1.39 bits per heavy atom. The lowest BCUT2D eigenvalue weighted by Gasteiger charge is -2.28. The molecule has 1 aromatic heterocycles. The quantitative estimate of drug-likeness (QED) is 0.839. The van der Waals surface area contributed by atoms with Crippen LogP contribution < -0.4 is 0 Å². The van der Waals surface area contributed by atoms with Gasteiger partial charge in [-0.1, -0.05) is 5.21 Å². The first-order chi connectivity index (χ1) is 10.7. The van der Waals surface area contributed by atoms with Crippen molar-refractivity contribution in [2.45, 2.75) is 51.8 Å². The predicted molar refractivity (Wildman–Crippen MR) is 84.0 cm³/mol. The molecule has 1 atom stereocenters. The second-order valence-electron chi connectivity index (χ2n) is 7.00. The molecule has 1 unspecified atom stereocenters. The minimum atomic E-state index is -0.511. The summed E-state index contributed by atoms with van der Waals surface area (Å²) in [6.07, 6.45) is 3.14. The van der Waals surface area contributed by atoms with Crippen molar-refractivity contribution in [1.29, 1.82) is 0 Å². The normalized spacial score (nSPS) is 18.1. The molecule has 1 fully saturated rings. The third kappa shape index (κ3) is 4.43. The maximum atomic E-state index is 12.3. The number of hydrogen-bond donors (Lipinski definition) is 0.